The van der Waals surface area contributed by atoms with Crippen LogP contribution in [-0.4, -0.2) is 16.7 Å². The van der Waals surface area contributed by atoms with Gasteiger partial charge in [0.1, 0.15) is 5.78 Å². The molecule has 4 nitrogen and oxygen atoms in total. The summed E-state index contributed by atoms with van der Waals surface area (Å²) in [4.78, 5) is 29.0. The summed E-state index contributed by atoms with van der Waals surface area (Å²) in [5.74, 6) is 0.736. The van der Waals surface area contributed by atoms with Gasteiger partial charge < -0.3 is 5.32 Å². The maximum Gasteiger partial charge on any atom is 0.255 e. The van der Waals surface area contributed by atoms with Gasteiger partial charge in [0.15, 0.2) is 0 Å². The molecule has 4 heteroatoms. The van der Waals surface area contributed by atoms with E-state index >= 15 is 0 Å². The lowest BCUT2D eigenvalue weighted by Gasteiger charge is -2.41. The molecule has 1 saturated carbocycles. The number of fused-ring (bicyclic) bond motifs is 3. The van der Waals surface area contributed by atoms with Crippen LogP contribution in [-0.2, 0) is 16.6 Å². The van der Waals surface area contributed by atoms with Crippen LogP contribution in [0.15, 0.2) is 36.5 Å². The number of benzene rings is 1. The molecule has 27 heavy (non-hydrogen) atoms. The number of nitrogens with one attached hydrogen (secondary N) is 1. The third kappa shape index (κ3) is 3.29. The lowest BCUT2D eigenvalue weighted by Crippen LogP contribution is -2.38. The third-order valence-electron chi connectivity index (χ3n) is 6.53. The van der Waals surface area contributed by atoms with Crippen molar-refractivity contribution in [2.24, 2.45) is 5.92 Å². The van der Waals surface area contributed by atoms with Crippen molar-refractivity contribution >= 4 is 17.4 Å². The second-order valence-corrected chi connectivity index (χ2v) is 8.21. The number of carbonyl (C=O) groups excluding carboxylic acids is 2. The van der Waals surface area contributed by atoms with Gasteiger partial charge in [-0.05, 0) is 79.3 Å². The Balaban J connectivity index is 1.64. The average Bonchev–Trinajstić information content (AvgIpc) is 2.80. The van der Waals surface area contributed by atoms with E-state index in [-0.39, 0.29) is 11.3 Å². The van der Waals surface area contributed by atoms with Gasteiger partial charge in [-0.1, -0.05) is 13.0 Å². The number of carbonyl (C=O) groups is 2. The fourth-order valence-corrected chi connectivity index (χ4v) is 4.83. The molecule has 0 aliphatic heterocycles. The topological polar surface area (TPSA) is 59.1 Å². The van der Waals surface area contributed by atoms with E-state index < -0.39 is 0 Å². The molecule has 2 aliphatic rings. The van der Waals surface area contributed by atoms with Crippen molar-refractivity contribution in [3.05, 3.63) is 58.9 Å². The minimum atomic E-state index is -0.0985. The number of hydrogen-bond acceptors (Lipinski definition) is 3. The van der Waals surface area contributed by atoms with Crippen LogP contribution in [0.5, 0.6) is 0 Å². The van der Waals surface area contributed by atoms with Crippen molar-refractivity contribution < 1.29 is 9.59 Å². The first-order valence-corrected chi connectivity index (χ1v) is 9.85. The summed E-state index contributed by atoms with van der Waals surface area (Å²) in [6.45, 7) is 4.20. The van der Waals surface area contributed by atoms with Crippen molar-refractivity contribution in [2.45, 2.75) is 57.8 Å². The van der Waals surface area contributed by atoms with Gasteiger partial charge in [0, 0.05) is 24.6 Å². The maximum atomic E-state index is 12.8. The molecule has 2 aliphatic carbocycles. The van der Waals surface area contributed by atoms with Crippen molar-refractivity contribution in [3.8, 4) is 0 Å². The number of hydrogen-bond donors (Lipinski definition) is 1. The number of nitrogens with zero attached hydrogens (tertiary/aromatic N) is 1. The predicted molar refractivity (Wildman–Crippen MR) is 106 cm³/mol. The SMILES string of the molecule is Cc1ncccc1NC(=O)c1ccc2c(c1)CCCC1CC(=O)CCC21C. The first kappa shape index (κ1) is 17.9. The maximum absolute atomic E-state index is 12.8. The molecule has 2 unspecified atom stereocenters. The molecule has 1 heterocycles. The molecule has 2 aromatic rings. The fourth-order valence-electron chi connectivity index (χ4n) is 4.83. The van der Waals surface area contributed by atoms with Gasteiger partial charge in [-0.3, -0.25) is 14.6 Å². The van der Waals surface area contributed by atoms with Gasteiger partial charge in [0.05, 0.1) is 11.4 Å². The molecule has 1 N–H and O–H groups in total. The van der Waals surface area contributed by atoms with Crippen LogP contribution >= 0.6 is 0 Å². The molecule has 140 valence electrons. The van der Waals surface area contributed by atoms with E-state index in [1.165, 1.54) is 11.1 Å². The lowest BCUT2D eigenvalue weighted by molar-refractivity contribution is -0.123. The number of anilines is 1. The van der Waals surface area contributed by atoms with E-state index in [0.717, 1.165) is 37.1 Å². The van der Waals surface area contributed by atoms with Crippen LogP contribution in [0.25, 0.3) is 0 Å². The summed E-state index contributed by atoms with van der Waals surface area (Å²) in [5, 5.41) is 2.97. The van der Waals surface area contributed by atoms with Crippen molar-refractivity contribution in [2.75, 3.05) is 5.32 Å². The van der Waals surface area contributed by atoms with Gasteiger partial charge in [-0.25, -0.2) is 0 Å². The third-order valence-corrected chi connectivity index (χ3v) is 6.53. The molecular weight excluding hydrogens is 336 g/mol. The highest BCUT2D eigenvalue weighted by Gasteiger charge is 2.42. The summed E-state index contributed by atoms with van der Waals surface area (Å²) < 4.78 is 0. The summed E-state index contributed by atoms with van der Waals surface area (Å²) in [6, 6.07) is 9.82. The normalized spacial score (nSPS) is 24.5. The summed E-state index contributed by atoms with van der Waals surface area (Å²) in [5.41, 5.74) is 4.90. The van der Waals surface area contributed by atoms with Gasteiger partial charge in [-0.15, -0.1) is 0 Å². The zero-order valence-electron chi connectivity index (χ0n) is 16.0. The quantitative estimate of drug-likeness (QED) is 0.849. The molecule has 1 aromatic carbocycles. The lowest BCUT2D eigenvalue weighted by atomic mass is 9.62. The van der Waals surface area contributed by atoms with E-state index in [4.69, 9.17) is 0 Å². The monoisotopic (exact) mass is 362 g/mol. The highest BCUT2D eigenvalue weighted by Crippen LogP contribution is 2.48. The van der Waals surface area contributed by atoms with Gasteiger partial charge in [0.2, 0.25) is 0 Å². The Morgan fingerprint density at radius 3 is 2.93 bits per heavy atom. The summed E-state index contributed by atoms with van der Waals surface area (Å²) >= 11 is 0. The molecule has 1 aromatic heterocycles. The first-order valence-electron chi connectivity index (χ1n) is 9.85. The Morgan fingerprint density at radius 2 is 2.11 bits per heavy atom. The Morgan fingerprint density at radius 1 is 1.26 bits per heavy atom. The van der Waals surface area contributed by atoms with E-state index in [1.807, 2.05) is 25.1 Å². The van der Waals surface area contributed by atoms with Crippen LogP contribution in [0.4, 0.5) is 5.69 Å². The van der Waals surface area contributed by atoms with E-state index in [1.54, 1.807) is 6.20 Å². The Hall–Kier alpha value is -2.49. The number of aromatic nitrogens is 1. The van der Waals surface area contributed by atoms with Gasteiger partial charge in [-0.2, -0.15) is 0 Å². The van der Waals surface area contributed by atoms with Crippen LogP contribution < -0.4 is 5.32 Å². The van der Waals surface area contributed by atoms with E-state index in [9.17, 15) is 9.59 Å². The number of pyridine rings is 1. The van der Waals surface area contributed by atoms with Crippen molar-refractivity contribution in [1.29, 1.82) is 0 Å². The van der Waals surface area contributed by atoms with Crippen LogP contribution in [0.1, 0.15) is 66.2 Å². The predicted octanol–water partition coefficient (Wildman–Crippen LogP) is 4.61. The number of rotatable bonds is 2. The smallest absolute Gasteiger partial charge is 0.255 e. The fraction of sp³-hybridized carbons (Fsp3) is 0.435. The molecule has 0 radical (unpaired) electrons. The minimum Gasteiger partial charge on any atom is -0.320 e. The van der Waals surface area contributed by atoms with Crippen LogP contribution in [0.2, 0.25) is 0 Å². The van der Waals surface area contributed by atoms with Crippen molar-refractivity contribution in [1.82, 2.24) is 4.98 Å². The number of amides is 1. The van der Waals surface area contributed by atoms with Crippen LogP contribution in [0, 0.1) is 12.8 Å². The second kappa shape index (κ2) is 6.91. The molecule has 1 amide bonds. The summed E-state index contributed by atoms with van der Waals surface area (Å²) in [7, 11) is 0. The molecule has 1 fully saturated rings. The average molecular weight is 362 g/mol. The number of ketones is 1. The zero-order valence-corrected chi connectivity index (χ0v) is 16.0. The minimum absolute atomic E-state index is 0.0503. The van der Waals surface area contributed by atoms with E-state index in [2.05, 4.69) is 29.4 Å². The Bertz CT molecular complexity index is 905. The molecular formula is C23H26N2O2. The Labute approximate surface area is 160 Å². The van der Waals surface area contributed by atoms with Crippen molar-refractivity contribution in [3.63, 3.8) is 0 Å². The zero-order chi connectivity index (χ0) is 19.0. The van der Waals surface area contributed by atoms with Gasteiger partial charge >= 0.3 is 0 Å². The molecule has 0 bridgehead atoms. The largest absolute Gasteiger partial charge is 0.320 e. The molecule has 0 saturated heterocycles. The van der Waals surface area contributed by atoms with Crippen LogP contribution in [0.3, 0.4) is 0 Å². The highest BCUT2D eigenvalue weighted by molar-refractivity contribution is 6.04. The second-order valence-electron chi connectivity index (χ2n) is 8.21. The number of Topliss-reactive ketones (excluding diaryl/α,β-unsaturated/α-hetero) is 1. The van der Waals surface area contributed by atoms with Gasteiger partial charge in [0.25, 0.3) is 5.91 Å². The first-order chi connectivity index (χ1) is 13.0. The number of aryl methyl sites for hydroxylation is 2. The molecule has 4 rings (SSSR count). The summed E-state index contributed by atoms with van der Waals surface area (Å²) in [6.07, 6.45) is 7.17. The van der Waals surface area contributed by atoms with E-state index in [0.29, 0.717) is 30.1 Å². The Kier molecular flexibility index (Phi) is 4.58. The highest BCUT2D eigenvalue weighted by atomic mass is 16.1. The standard InChI is InChI=1S/C23H26N2O2/c1-15-21(7-4-12-24-15)25-22(27)17-8-9-20-16(13-17)5-3-6-18-14-19(26)10-11-23(18,20)2/h4,7-9,12-13,18H,3,5-6,10-11,14H2,1-2H3,(H,25,27). The molecule has 0 spiro atoms. The molecule has 2 atom stereocenters.